The molecule has 2 aromatic carbocycles. The van der Waals surface area contributed by atoms with Gasteiger partial charge in [0.05, 0.1) is 11.5 Å². The molecule has 0 saturated carbocycles. The molecule has 0 aliphatic rings. The standard InChI is InChI=1S/C19H18F3NO4/c20-19(21,22)15-8-4-5-9-16(15)27-12-17(24)23-11-14(18(25)26)10-13-6-2-1-3-7-13/h1-9,14H,10-12H2,(H,23,24)(H,25,26). The molecule has 0 radical (unpaired) electrons. The number of benzene rings is 2. The summed E-state index contributed by atoms with van der Waals surface area (Å²) in [6.07, 6.45) is -4.38. The fourth-order valence-corrected chi connectivity index (χ4v) is 2.40. The number of hydrogen-bond acceptors (Lipinski definition) is 3. The highest BCUT2D eigenvalue weighted by Gasteiger charge is 2.34. The second-order valence-electron chi connectivity index (χ2n) is 5.81. The second-order valence-corrected chi connectivity index (χ2v) is 5.81. The molecule has 8 heteroatoms. The molecule has 1 atom stereocenters. The van der Waals surface area contributed by atoms with Gasteiger partial charge in [0.15, 0.2) is 6.61 Å². The fourth-order valence-electron chi connectivity index (χ4n) is 2.40. The predicted molar refractivity (Wildman–Crippen MR) is 91.2 cm³/mol. The molecule has 0 heterocycles. The fraction of sp³-hybridized carbons (Fsp3) is 0.263. The van der Waals surface area contributed by atoms with E-state index >= 15 is 0 Å². The molecular weight excluding hydrogens is 363 g/mol. The third kappa shape index (κ3) is 6.32. The average Bonchev–Trinajstić information content (AvgIpc) is 2.63. The van der Waals surface area contributed by atoms with E-state index in [9.17, 15) is 27.9 Å². The number of amides is 1. The molecule has 144 valence electrons. The van der Waals surface area contributed by atoms with Crippen LogP contribution in [0.2, 0.25) is 0 Å². The normalized spacial score (nSPS) is 12.3. The molecule has 0 aliphatic heterocycles. The molecule has 5 nitrogen and oxygen atoms in total. The van der Waals surface area contributed by atoms with Gasteiger partial charge in [0.2, 0.25) is 0 Å². The Hall–Kier alpha value is -3.03. The van der Waals surface area contributed by atoms with Crippen LogP contribution in [-0.2, 0) is 22.2 Å². The largest absolute Gasteiger partial charge is 0.483 e. The lowest BCUT2D eigenvalue weighted by Crippen LogP contribution is -2.36. The van der Waals surface area contributed by atoms with Crippen molar-refractivity contribution < 1.29 is 32.6 Å². The van der Waals surface area contributed by atoms with E-state index < -0.39 is 41.9 Å². The molecule has 2 aromatic rings. The van der Waals surface area contributed by atoms with Gasteiger partial charge in [0.25, 0.3) is 5.91 Å². The number of carboxylic acid groups (broad SMARTS) is 1. The van der Waals surface area contributed by atoms with E-state index in [-0.39, 0.29) is 13.0 Å². The number of aliphatic carboxylic acids is 1. The summed E-state index contributed by atoms with van der Waals surface area (Å²) in [6, 6.07) is 13.5. The Bertz CT molecular complexity index is 778. The maximum atomic E-state index is 12.9. The molecule has 0 fully saturated rings. The van der Waals surface area contributed by atoms with Gasteiger partial charge in [-0.25, -0.2) is 0 Å². The summed E-state index contributed by atoms with van der Waals surface area (Å²) in [6.45, 7) is -0.807. The summed E-state index contributed by atoms with van der Waals surface area (Å²) in [5, 5.41) is 11.7. The highest BCUT2D eigenvalue weighted by molar-refractivity contribution is 5.78. The van der Waals surface area contributed by atoms with E-state index in [2.05, 4.69) is 5.32 Å². The van der Waals surface area contributed by atoms with Gasteiger partial charge in [-0.05, 0) is 24.1 Å². The quantitative estimate of drug-likeness (QED) is 0.737. The van der Waals surface area contributed by atoms with Gasteiger partial charge in [-0.2, -0.15) is 13.2 Å². The van der Waals surface area contributed by atoms with E-state index in [4.69, 9.17) is 4.74 Å². The first-order valence-electron chi connectivity index (χ1n) is 8.10. The van der Waals surface area contributed by atoms with Gasteiger partial charge in [-0.3, -0.25) is 9.59 Å². The number of carboxylic acids is 1. The maximum absolute atomic E-state index is 12.9. The number of carbonyl (C=O) groups excluding carboxylic acids is 1. The Morgan fingerprint density at radius 2 is 1.67 bits per heavy atom. The van der Waals surface area contributed by atoms with Crippen LogP contribution in [-0.4, -0.2) is 30.1 Å². The van der Waals surface area contributed by atoms with Crippen LogP contribution in [0.5, 0.6) is 5.75 Å². The van der Waals surface area contributed by atoms with Crippen LogP contribution in [0.4, 0.5) is 13.2 Å². The smallest absolute Gasteiger partial charge is 0.419 e. The van der Waals surface area contributed by atoms with Crippen molar-refractivity contribution in [3.8, 4) is 5.75 Å². The number of hydrogen-bond donors (Lipinski definition) is 2. The van der Waals surface area contributed by atoms with Crippen molar-refractivity contribution in [2.24, 2.45) is 5.92 Å². The van der Waals surface area contributed by atoms with E-state index in [1.54, 1.807) is 30.3 Å². The van der Waals surface area contributed by atoms with Gasteiger partial charge < -0.3 is 15.2 Å². The van der Waals surface area contributed by atoms with Crippen LogP contribution in [0.3, 0.4) is 0 Å². The minimum Gasteiger partial charge on any atom is -0.483 e. The van der Waals surface area contributed by atoms with Crippen LogP contribution in [0.15, 0.2) is 54.6 Å². The van der Waals surface area contributed by atoms with E-state index in [1.165, 1.54) is 12.1 Å². The topological polar surface area (TPSA) is 75.6 Å². The third-order valence-electron chi connectivity index (χ3n) is 3.77. The summed E-state index contributed by atoms with van der Waals surface area (Å²) in [7, 11) is 0. The van der Waals surface area contributed by atoms with E-state index in [0.29, 0.717) is 0 Å². The lowest BCUT2D eigenvalue weighted by molar-refractivity contribution is -0.142. The van der Waals surface area contributed by atoms with Crippen molar-refractivity contribution in [2.45, 2.75) is 12.6 Å². The van der Waals surface area contributed by atoms with Crippen molar-refractivity contribution in [1.29, 1.82) is 0 Å². The van der Waals surface area contributed by atoms with E-state index in [1.807, 2.05) is 0 Å². The molecule has 0 bridgehead atoms. The zero-order valence-corrected chi connectivity index (χ0v) is 14.2. The molecule has 27 heavy (non-hydrogen) atoms. The second kappa shape index (κ2) is 9.07. The number of nitrogens with one attached hydrogen (secondary N) is 1. The number of halogens is 3. The number of para-hydroxylation sites is 1. The maximum Gasteiger partial charge on any atom is 0.419 e. The monoisotopic (exact) mass is 381 g/mol. The Labute approximate surface area is 153 Å². The Kier molecular flexibility index (Phi) is 6.81. The van der Waals surface area contributed by atoms with Gasteiger partial charge in [0, 0.05) is 6.54 Å². The van der Waals surface area contributed by atoms with Crippen molar-refractivity contribution in [2.75, 3.05) is 13.2 Å². The summed E-state index contributed by atoms with van der Waals surface area (Å²) in [5.41, 5.74) is -0.181. The van der Waals surface area contributed by atoms with Crippen molar-refractivity contribution >= 4 is 11.9 Å². The zero-order valence-electron chi connectivity index (χ0n) is 14.2. The number of alkyl halides is 3. The lowest BCUT2D eigenvalue weighted by atomic mass is 9.99. The Balaban J connectivity index is 1.89. The van der Waals surface area contributed by atoms with Gasteiger partial charge in [-0.15, -0.1) is 0 Å². The number of ether oxygens (including phenoxy) is 1. The van der Waals surface area contributed by atoms with Gasteiger partial charge in [0.1, 0.15) is 5.75 Å². The van der Waals surface area contributed by atoms with Crippen LogP contribution >= 0.6 is 0 Å². The van der Waals surface area contributed by atoms with Gasteiger partial charge in [-0.1, -0.05) is 42.5 Å². The first kappa shape index (κ1) is 20.3. The van der Waals surface area contributed by atoms with Crippen molar-refractivity contribution in [1.82, 2.24) is 5.32 Å². The van der Waals surface area contributed by atoms with Crippen LogP contribution < -0.4 is 10.1 Å². The molecule has 2 N–H and O–H groups in total. The number of rotatable bonds is 8. The molecule has 0 spiro atoms. The first-order chi connectivity index (χ1) is 12.8. The Morgan fingerprint density at radius 1 is 1.04 bits per heavy atom. The molecule has 0 aliphatic carbocycles. The molecule has 1 amide bonds. The highest BCUT2D eigenvalue weighted by Crippen LogP contribution is 2.35. The summed E-state index contributed by atoms with van der Waals surface area (Å²) < 4.78 is 43.6. The van der Waals surface area contributed by atoms with E-state index in [0.717, 1.165) is 17.7 Å². The SMILES string of the molecule is O=C(COc1ccccc1C(F)(F)F)NCC(Cc1ccccc1)C(=O)O. The van der Waals surface area contributed by atoms with Crippen LogP contribution in [0.1, 0.15) is 11.1 Å². The highest BCUT2D eigenvalue weighted by atomic mass is 19.4. The Morgan fingerprint density at radius 3 is 2.30 bits per heavy atom. The van der Waals surface area contributed by atoms with Crippen LogP contribution in [0, 0.1) is 5.92 Å². The first-order valence-corrected chi connectivity index (χ1v) is 8.10. The van der Waals surface area contributed by atoms with Crippen molar-refractivity contribution in [3.63, 3.8) is 0 Å². The molecule has 0 aromatic heterocycles. The average molecular weight is 381 g/mol. The third-order valence-corrected chi connectivity index (χ3v) is 3.77. The lowest BCUT2D eigenvalue weighted by Gasteiger charge is -2.15. The predicted octanol–water partition coefficient (Wildman–Crippen LogP) is 3.14. The van der Waals surface area contributed by atoms with Gasteiger partial charge >= 0.3 is 12.1 Å². The zero-order chi connectivity index (χ0) is 19.9. The van der Waals surface area contributed by atoms with Crippen LogP contribution in [0.25, 0.3) is 0 Å². The molecule has 1 unspecified atom stereocenters. The minimum absolute atomic E-state index is 0.159. The molecule has 2 rings (SSSR count). The number of carbonyl (C=O) groups is 2. The minimum atomic E-state index is -4.60. The molecular formula is C19H18F3NO4. The summed E-state index contributed by atoms with van der Waals surface area (Å²) in [4.78, 5) is 23.2. The van der Waals surface area contributed by atoms with Crippen molar-refractivity contribution in [3.05, 3.63) is 65.7 Å². The summed E-state index contributed by atoms with van der Waals surface area (Å²) in [5.74, 6) is -3.10. The summed E-state index contributed by atoms with van der Waals surface area (Å²) >= 11 is 0. The molecule has 0 saturated heterocycles.